The number of hydrogen-bond acceptors (Lipinski definition) is 5. The summed E-state index contributed by atoms with van der Waals surface area (Å²) < 4.78 is 0. The van der Waals surface area contributed by atoms with Crippen molar-refractivity contribution in [2.75, 3.05) is 25.5 Å². The van der Waals surface area contributed by atoms with Crippen molar-refractivity contribution in [2.24, 2.45) is 5.92 Å². The summed E-state index contributed by atoms with van der Waals surface area (Å²) in [7, 11) is 1.85. The number of anilines is 1. The van der Waals surface area contributed by atoms with E-state index < -0.39 is 0 Å². The van der Waals surface area contributed by atoms with E-state index in [1.165, 1.54) is 0 Å². The van der Waals surface area contributed by atoms with E-state index >= 15 is 0 Å². The first kappa shape index (κ1) is 18.6. The van der Waals surface area contributed by atoms with Crippen molar-refractivity contribution in [1.29, 1.82) is 0 Å². The summed E-state index contributed by atoms with van der Waals surface area (Å²) in [6.07, 6.45) is 3.75. The number of fused-ring (bicyclic) bond motifs is 1. The van der Waals surface area contributed by atoms with Crippen molar-refractivity contribution in [3.05, 3.63) is 17.1 Å². The molecule has 1 fully saturated rings. The molecular formula is C19H29N5O2. The molecular weight excluding hydrogens is 330 g/mol. The minimum atomic E-state index is -0.0472. The summed E-state index contributed by atoms with van der Waals surface area (Å²) in [5.41, 5.74) is 2.00. The average molecular weight is 359 g/mol. The van der Waals surface area contributed by atoms with Crippen molar-refractivity contribution < 1.29 is 9.59 Å². The molecule has 1 aromatic rings. The predicted octanol–water partition coefficient (Wildman–Crippen LogP) is 2.13. The molecule has 0 aliphatic carbocycles. The first-order chi connectivity index (χ1) is 12.4. The topological polar surface area (TPSA) is 78.4 Å². The molecule has 2 aliphatic heterocycles. The largest absolute Gasteiger partial charge is 0.373 e. The minimum Gasteiger partial charge on any atom is -0.373 e. The van der Waals surface area contributed by atoms with Crippen LogP contribution < -0.4 is 5.32 Å². The van der Waals surface area contributed by atoms with Crippen molar-refractivity contribution in [3.63, 3.8) is 0 Å². The number of carbonyl (C=O) groups excluding carboxylic acids is 2. The van der Waals surface area contributed by atoms with Gasteiger partial charge in [-0.05, 0) is 19.3 Å². The lowest BCUT2D eigenvalue weighted by atomic mass is 9.99. The number of nitrogens with one attached hydrogen (secondary N) is 1. The lowest BCUT2D eigenvalue weighted by Gasteiger charge is -2.35. The maximum absolute atomic E-state index is 12.4. The van der Waals surface area contributed by atoms with E-state index in [9.17, 15) is 9.59 Å². The fraction of sp³-hybridized carbons (Fsp3) is 0.684. The Kier molecular flexibility index (Phi) is 5.44. The van der Waals surface area contributed by atoms with Crippen LogP contribution in [0.2, 0.25) is 0 Å². The van der Waals surface area contributed by atoms with Crippen LogP contribution in [0.15, 0.2) is 0 Å². The SMILES string of the molecule is CNc1nc(C2CCCCN2C(C)=O)nc2c1CN(C(=O)C(C)C)CC2. The van der Waals surface area contributed by atoms with Crippen LogP contribution in [0.1, 0.15) is 63.2 Å². The van der Waals surface area contributed by atoms with Gasteiger partial charge in [0, 0.05) is 45.0 Å². The summed E-state index contributed by atoms with van der Waals surface area (Å²) in [6.45, 7) is 7.47. The summed E-state index contributed by atoms with van der Waals surface area (Å²) in [4.78, 5) is 37.7. The third-order valence-corrected chi connectivity index (χ3v) is 5.33. The maximum Gasteiger partial charge on any atom is 0.225 e. The highest BCUT2D eigenvalue weighted by molar-refractivity contribution is 5.78. The van der Waals surface area contributed by atoms with Gasteiger partial charge in [-0.2, -0.15) is 0 Å². The molecule has 1 atom stereocenters. The standard InChI is InChI=1S/C19H29N5O2/c1-12(2)19(26)23-10-8-15-14(11-23)17(20-4)22-18(21-15)16-7-5-6-9-24(16)13(3)25/h12,16H,5-11H2,1-4H3,(H,20,21,22). The predicted molar refractivity (Wildman–Crippen MR) is 99.5 cm³/mol. The second-order valence-corrected chi connectivity index (χ2v) is 7.49. The van der Waals surface area contributed by atoms with E-state index in [2.05, 4.69) is 5.32 Å². The second kappa shape index (κ2) is 7.60. The highest BCUT2D eigenvalue weighted by Gasteiger charge is 2.31. The van der Waals surface area contributed by atoms with E-state index in [-0.39, 0.29) is 23.8 Å². The lowest BCUT2D eigenvalue weighted by Crippen LogP contribution is -2.40. The quantitative estimate of drug-likeness (QED) is 0.894. The van der Waals surface area contributed by atoms with Gasteiger partial charge in [0.2, 0.25) is 11.8 Å². The molecule has 7 heteroatoms. The van der Waals surface area contributed by atoms with Gasteiger partial charge in [0.15, 0.2) is 5.82 Å². The van der Waals surface area contributed by atoms with E-state index in [4.69, 9.17) is 9.97 Å². The lowest BCUT2D eigenvalue weighted by molar-refractivity contribution is -0.135. The van der Waals surface area contributed by atoms with Gasteiger partial charge in [-0.15, -0.1) is 0 Å². The molecule has 0 aromatic carbocycles. The monoisotopic (exact) mass is 359 g/mol. The summed E-state index contributed by atoms with van der Waals surface area (Å²) >= 11 is 0. The zero-order chi connectivity index (χ0) is 18.8. The number of rotatable bonds is 3. The highest BCUT2D eigenvalue weighted by atomic mass is 16.2. The highest BCUT2D eigenvalue weighted by Crippen LogP contribution is 2.32. The molecule has 2 aliphatic rings. The fourth-order valence-corrected chi connectivity index (χ4v) is 3.92. The van der Waals surface area contributed by atoms with Crippen LogP contribution in [0.25, 0.3) is 0 Å². The van der Waals surface area contributed by atoms with Gasteiger partial charge in [-0.1, -0.05) is 13.8 Å². The molecule has 3 heterocycles. The second-order valence-electron chi connectivity index (χ2n) is 7.49. The maximum atomic E-state index is 12.4. The molecule has 2 amide bonds. The first-order valence-electron chi connectivity index (χ1n) is 9.55. The third-order valence-electron chi connectivity index (χ3n) is 5.33. The smallest absolute Gasteiger partial charge is 0.225 e. The number of carbonyl (C=O) groups is 2. The van der Waals surface area contributed by atoms with Gasteiger partial charge >= 0.3 is 0 Å². The Hall–Kier alpha value is -2.18. The Bertz CT molecular complexity index is 686. The van der Waals surface area contributed by atoms with Crippen molar-refractivity contribution in [3.8, 4) is 0 Å². The van der Waals surface area contributed by atoms with Crippen LogP contribution in [-0.4, -0.2) is 51.7 Å². The molecule has 0 saturated carbocycles. The van der Waals surface area contributed by atoms with Gasteiger partial charge in [0.1, 0.15) is 5.82 Å². The molecule has 3 rings (SSSR count). The number of piperidine rings is 1. The number of aromatic nitrogens is 2. The van der Waals surface area contributed by atoms with Crippen molar-refractivity contribution in [2.45, 2.75) is 59.0 Å². The number of hydrogen-bond donors (Lipinski definition) is 1. The molecule has 0 radical (unpaired) electrons. The number of likely N-dealkylation sites (tertiary alicyclic amines) is 1. The van der Waals surface area contributed by atoms with Crippen LogP contribution >= 0.6 is 0 Å². The fourth-order valence-electron chi connectivity index (χ4n) is 3.92. The third kappa shape index (κ3) is 3.52. The normalized spacial score (nSPS) is 20.1. The van der Waals surface area contributed by atoms with E-state index in [0.29, 0.717) is 13.1 Å². The van der Waals surface area contributed by atoms with Gasteiger partial charge in [0.25, 0.3) is 0 Å². The van der Waals surface area contributed by atoms with Crippen LogP contribution in [-0.2, 0) is 22.6 Å². The Labute approximate surface area is 155 Å². The van der Waals surface area contributed by atoms with Gasteiger partial charge in [-0.25, -0.2) is 9.97 Å². The zero-order valence-electron chi connectivity index (χ0n) is 16.2. The Morgan fingerprint density at radius 3 is 2.62 bits per heavy atom. The number of nitrogens with zero attached hydrogens (tertiary/aromatic N) is 4. The molecule has 26 heavy (non-hydrogen) atoms. The van der Waals surface area contributed by atoms with Crippen LogP contribution in [0, 0.1) is 5.92 Å². The van der Waals surface area contributed by atoms with Crippen LogP contribution in [0.4, 0.5) is 5.82 Å². The summed E-state index contributed by atoms with van der Waals surface area (Å²) in [5.74, 6) is 1.74. The Balaban J connectivity index is 1.92. The minimum absolute atomic E-state index is 0.0128. The molecule has 1 N–H and O–H groups in total. The van der Waals surface area contributed by atoms with Gasteiger partial charge in [0.05, 0.1) is 18.3 Å². The molecule has 1 aromatic heterocycles. The number of amides is 2. The molecule has 0 spiro atoms. The first-order valence-corrected chi connectivity index (χ1v) is 9.55. The zero-order valence-corrected chi connectivity index (χ0v) is 16.2. The Morgan fingerprint density at radius 1 is 1.19 bits per heavy atom. The van der Waals surface area contributed by atoms with Crippen molar-refractivity contribution >= 4 is 17.6 Å². The molecule has 0 bridgehead atoms. The molecule has 142 valence electrons. The molecule has 1 saturated heterocycles. The molecule has 7 nitrogen and oxygen atoms in total. The summed E-state index contributed by atoms with van der Waals surface area (Å²) in [6, 6.07) is -0.0472. The van der Waals surface area contributed by atoms with E-state index in [0.717, 1.165) is 55.1 Å². The van der Waals surface area contributed by atoms with Gasteiger partial charge in [-0.3, -0.25) is 9.59 Å². The van der Waals surface area contributed by atoms with Crippen molar-refractivity contribution in [1.82, 2.24) is 19.8 Å². The van der Waals surface area contributed by atoms with E-state index in [1.54, 1.807) is 6.92 Å². The van der Waals surface area contributed by atoms with Gasteiger partial charge < -0.3 is 15.1 Å². The Morgan fingerprint density at radius 2 is 1.96 bits per heavy atom. The average Bonchev–Trinajstić information content (AvgIpc) is 2.65. The molecule has 1 unspecified atom stereocenters. The summed E-state index contributed by atoms with van der Waals surface area (Å²) in [5, 5.41) is 3.17. The van der Waals surface area contributed by atoms with E-state index in [1.807, 2.05) is 30.7 Å². The van der Waals surface area contributed by atoms with Crippen LogP contribution in [0.3, 0.4) is 0 Å². The van der Waals surface area contributed by atoms with Crippen LogP contribution in [0.5, 0.6) is 0 Å².